The SMILES string of the molecule is CC.NNC(=O)c1cccc(Br)c1N. The molecule has 1 aromatic rings. The second-order valence-electron chi connectivity index (χ2n) is 2.17. The number of nitrogens with two attached hydrogens (primary N) is 2. The molecule has 0 radical (unpaired) electrons. The molecule has 0 atom stereocenters. The number of benzene rings is 1. The van der Waals surface area contributed by atoms with Gasteiger partial charge < -0.3 is 5.73 Å². The molecule has 0 saturated heterocycles. The van der Waals surface area contributed by atoms with Gasteiger partial charge in [0.1, 0.15) is 0 Å². The quantitative estimate of drug-likeness (QED) is 0.311. The molecule has 0 fully saturated rings. The lowest BCUT2D eigenvalue weighted by Crippen LogP contribution is -2.30. The number of carbonyl (C=O) groups excluding carboxylic acids is 1. The van der Waals surface area contributed by atoms with Crippen molar-refractivity contribution in [1.82, 2.24) is 5.43 Å². The van der Waals surface area contributed by atoms with Gasteiger partial charge in [-0.15, -0.1) is 0 Å². The molecular weight excluding hydrogens is 246 g/mol. The first-order valence-corrected chi connectivity index (χ1v) is 5.01. The zero-order valence-corrected chi connectivity index (χ0v) is 9.76. The van der Waals surface area contributed by atoms with Crippen LogP contribution in [0.1, 0.15) is 24.2 Å². The van der Waals surface area contributed by atoms with Crippen LogP contribution in [0, 0.1) is 0 Å². The molecule has 0 aliphatic carbocycles. The fourth-order valence-electron chi connectivity index (χ4n) is 0.813. The van der Waals surface area contributed by atoms with Crippen molar-refractivity contribution >= 4 is 27.5 Å². The Bertz CT molecular complexity index is 315. The van der Waals surface area contributed by atoms with Gasteiger partial charge in [0.2, 0.25) is 0 Å². The number of para-hydroxylation sites is 1. The minimum absolute atomic E-state index is 0.367. The van der Waals surface area contributed by atoms with E-state index in [0.29, 0.717) is 15.7 Å². The van der Waals surface area contributed by atoms with Crippen LogP contribution in [0.4, 0.5) is 5.69 Å². The summed E-state index contributed by atoms with van der Waals surface area (Å²) in [4.78, 5) is 11.0. The third-order valence-electron chi connectivity index (χ3n) is 1.43. The van der Waals surface area contributed by atoms with Gasteiger partial charge in [-0.2, -0.15) is 0 Å². The normalized spacial score (nSPS) is 8.57. The van der Waals surface area contributed by atoms with Gasteiger partial charge in [0.25, 0.3) is 5.91 Å². The lowest BCUT2D eigenvalue weighted by Gasteiger charge is -2.04. The minimum atomic E-state index is -0.395. The van der Waals surface area contributed by atoms with E-state index in [1.807, 2.05) is 19.3 Å². The summed E-state index contributed by atoms with van der Waals surface area (Å²) in [5, 5.41) is 0. The predicted molar refractivity (Wildman–Crippen MR) is 61.6 cm³/mol. The molecule has 0 aliphatic rings. The van der Waals surface area contributed by atoms with Crippen molar-refractivity contribution in [2.24, 2.45) is 5.84 Å². The summed E-state index contributed by atoms with van der Waals surface area (Å²) in [5.41, 5.74) is 8.36. The molecule has 0 heterocycles. The van der Waals surface area contributed by atoms with Gasteiger partial charge in [-0.05, 0) is 28.1 Å². The lowest BCUT2D eigenvalue weighted by molar-refractivity contribution is 0.0954. The molecule has 5 N–H and O–H groups in total. The van der Waals surface area contributed by atoms with Crippen LogP contribution in [-0.2, 0) is 0 Å². The van der Waals surface area contributed by atoms with E-state index in [1.54, 1.807) is 18.2 Å². The number of nitrogen functional groups attached to an aromatic ring is 2. The second kappa shape index (κ2) is 6.39. The Labute approximate surface area is 91.8 Å². The van der Waals surface area contributed by atoms with Crippen LogP contribution in [0.25, 0.3) is 0 Å². The third-order valence-corrected chi connectivity index (χ3v) is 2.12. The standard InChI is InChI=1S/C7H8BrN3O.C2H6/c8-5-3-1-2-4(6(5)9)7(12)11-10;1-2/h1-3H,9-10H2,(H,11,12);1-2H3. The number of nitrogens with one attached hydrogen (secondary N) is 1. The minimum Gasteiger partial charge on any atom is -0.397 e. The van der Waals surface area contributed by atoms with E-state index < -0.39 is 5.91 Å². The molecule has 1 amide bonds. The molecule has 0 aliphatic heterocycles. The van der Waals surface area contributed by atoms with Gasteiger partial charge in [0.15, 0.2) is 0 Å². The molecule has 1 rings (SSSR count). The zero-order valence-electron chi connectivity index (χ0n) is 8.17. The van der Waals surface area contributed by atoms with Crippen molar-refractivity contribution in [3.05, 3.63) is 28.2 Å². The number of hydrazine groups is 1. The van der Waals surface area contributed by atoms with Crippen LogP contribution in [0.5, 0.6) is 0 Å². The fraction of sp³-hybridized carbons (Fsp3) is 0.222. The van der Waals surface area contributed by atoms with Crippen molar-refractivity contribution in [2.75, 3.05) is 5.73 Å². The molecule has 78 valence electrons. The topological polar surface area (TPSA) is 81.1 Å². The van der Waals surface area contributed by atoms with Crippen LogP contribution in [0.15, 0.2) is 22.7 Å². The Kier molecular flexibility index (Phi) is 5.91. The molecule has 14 heavy (non-hydrogen) atoms. The molecular formula is C9H14BrN3O. The number of rotatable bonds is 1. The van der Waals surface area contributed by atoms with Crippen molar-refractivity contribution < 1.29 is 4.79 Å². The maximum atomic E-state index is 11.0. The monoisotopic (exact) mass is 259 g/mol. The molecule has 0 saturated carbocycles. The summed E-state index contributed by atoms with van der Waals surface area (Å²) in [6.07, 6.45) is 0. The number of hydrogen-bond donors (Lipinski definition) is 3. The van der Waals surface area contributed by atoms with E-state index in [1.165, 1.54) is 0 Å². The first-order valence-electron chi connectivity index (χ1n) is 4.21. The number of hydrogen-bond acceptors (Lipinski definition) is 3. The van der Waals surface area contributed by atoms with E-state index in [0.717, 1.165) is 0 Å². The van der Waals surface area contributed by atoms with Gasteiger partial charge in [-0.3, -0.25) is 10.2 Å². The van der Waals surface area contributed by atoms with Gasteiger partial charge in [0, 0.05) is 4.47 Å². The highest BCUT2D eigenvalue weighted by molar-refractivity contribution is 9.10. The maximum Gasteiger partial charge on any atom is 0.267 e. The Morgan fingerprint density at radius 1 is 1.43 bits per heavy atom. The first kappa shape index (κ1) is 12.9. The van der Waals surface area contributed by atoms with E-state index in [2.05, 4.69) is 15.9 Å². The fourth-order valence-corrected chi connectivity index (χ4v) is 1.18. The first-order chi connectivity index (χ1) is 6.66. The van der Waals surface area contributed by atoms with Crippen LogP contribution >= 0.6 is 15.9 Å². The number of carbonyl (C=O) groups is 1. The Morgan fingerprint density at radius 2 is 2.00 bits per heavy atom. The highest BCUT2D eigenvalue weighted by Crippen LogP contribution is 2.22. The summed E-state index contributed by atoms with van der Waals surface area (Å²) < 4.78 is 0.684. The van der Waals surface area contributed by atoms with Crippen molar-refractivity contribution in [2.45, 2.75) is 13.8 Å². The van der Waals surface area contributed by atoms with E-state index in [9.17, 15) is 4.79 Å². The second-order valence-corrected chi connectivity index (χ2v) is 3.03. The van der Waals surface area contributed by atoms with Crippen LogP contribution in [-0.4, -0.2) is 5.91 Å². The average molecular weight is 260 g/mol. The molecule has 5 heteroatoms. The molecule has 0 spiro atoms. The van der Waals surface area contributed by atoms with E-state index >= 15 is 0 Å². The highest BCUT2D eigenvalue weighted by Gasteiger charge is 2.08. The van der Waals surface area contributed by atoms with Gasteiger partial charge in [-0.25, -0.2) is 5.84 Å². The molecule has 1 aromatic carbocycles. The predicted octanol–water partition coefficient (Wildman–Crippen LogP) is 1.66. The summed E-state index contributed by atoms with van der Waals surface area (Å²) in [5.74, 6) is 4.56. The van der Waals surface area contributed by atoms with Crippen LogP contribution in [0.3, 0.4) is 0 Å². The Morgan fingerprint density at radius 3 is 2.50 bits per heavy atom. The number of amides is 1. The molecule has 0 bridgehead atoms. The Balaban J connectivity index is 0.000000791. The molecule has 0 unspecified atom stereocenters. The van der Waals surface area contributed by atoms with Gasteiger partial charge in [-0.1, -0.05) is 19.9 Å². The number of halogens is 1. The highest BCUT2D eigenvalue weighted by atomic mass is 79.9. The third kappa shape index (κ3) is 3.01. The maximum absolute atomic E-state index is 11.0. The van der Waals surface area contributed by atoms with Crippen molar-refractivity contribution in [1.29, 1.82) is 0 Å². The molecule has 4 nitrogen and oxygen atoms in total. The average Bonchev–Trinajstić information content (AvgIpc) is 2.24. The van der Waals surface area contributed by atoms with Crippen LogP contribution in [0.2, 0.25) is 0 Å². The molecule has 0 aromatic heterocycles. The van der Waals surface area contributed by atoms with Gasteiger partial charge in [0.05, 0.1) is 11.3 Å². The van der Waals surface area contributed by atoms with Crippen LogP contribution < -0.4 is 17.0 Å². The largest absolute Gasteiger partial charge is 0.397 e. The van der Waals surface area contributed by atoms with E-state index in [4.69, 9.17) is 11.6 Å². The van der Waals surface area contributed by atoms with Crippen molar-refractivity contribution in [3.63, 3.8) is 0 Å². The zero-order chi connectivity index (χ0) is 11.1. The Hall–Kier alpha value is -1.07. The summed E-state index contributed by atoms with van der Waals surface area (Å²) in [7, 11) is 0. The van der Waals surface area contributed by atoms with Crippen molar-refractivity contribution in [3.8, 4) is 0 Å². The number of anilines is 1. The lowest BCUT2D eigenvalue weighted by atomic mass is 10.2. The van der Waals surface area contributed by atoms with Gasteiger partial charge >= 0.3 is 0 Å². The smallest absolute Gasteiger partial charge is 0.267 e. The van der Waals surface area contributed by atoms with E-state index in [-0.39, 0.29) is 0 Å². The summed E-state index contributed by atoms with van der Waals surface area (Å²) >= 11 is 3.20. The summed E-state index contributed by atoms with van der Waals surface area (Å²) in [6, 6.07) is 5.07. The summed E-state index contributed by atoms with van der Waals surface area (Å²) in [6.45, 7) is 4.00.